The molecule has 2 aromatic rings. The van der Waals surface area contributed by atoms with E-state index in [1.54, 1.807) is 31.4 Å². The Balaban J connectivity index is 1.53. The molecule has 2 amide bonds. The van der Waals surface area contributed by atoms with E-state index in [9.17, 15) is 14.4 Å². The van der Waals surface area contributed by atoms with Crippen LogP contribution in [-0.4, -0.2) is 50.0 Å². The van der Waals surface area contributed by atoms with Gasteiger partial charge in [0.25, 0.3) is 5.91 Å². The Morgan fingerprint density at radius 1 is 1.03 bits per heavy atom. The predicted octanol–water partition coefficient (Wildman–Crippen LogP) is 3.15. The van der Waals surface area contributed by atoms with Gasteiger partial charge in [0.05, 0.1) is 19.1 Å². The molecule has 0 aliphatic heterocycles. The number of amides is 2. The predicted molar refractivity (Wildman–Crippen MR) is 117 cm³/mol. The molecule has 3 rings (SSSR count). The average Bonchev–Trinajstić information content (AvgIpc) is 3.29. The minimum atomic E-state index is -0.691. The molecule has 7 nitrogen and oxygen atoms in total. The molecule has 1 fully saturated rings. The molecule has 1 saturated carbocycles. The fourth-order valence-electron chi connectivity index (χ4n) is 3.93. The molecule has 0 saturated heterocycles. The number of hydrogen-bond acceptors (Lipinski definition) is 5. The molecular formula is C24H28N2O5. The second-order valence-electron chi connectivity index (χ2n) is 7.76. The summed E-state index contributed by atoms with van der Waals surface area (Å²) in [5, 5.41) is 2.72. The highest BCUT2D eigenvalue weighted by molar-refractivity contribution is 5.95. The number of esters is 1. The SMILES string of the molecule is COc1cccc(NC(=O)CN(C)C(=O)COC(=O)C2(c3ccccc3)CCCC2)c1. The second-order valence-corrected chi connectivity index (χ2v) is 7.76. The highest BCUT2D eigenvalue weighted by Gasteiger charge is 2.44. The van der Waals surface area contributed by atoms with E-state index in [1.165, 1.54) is 11.9 Å². The first kappa shape index (κ1) is 22.3. The van der Waals surface area contributed by atoms with Crippen LogP contribution in [0.25, 0.3) is 0 Å². The summed E-state index contributed by atoms with van der Waals surface area (Å²) >= 11 is 0. The summed E-state index contributed by atoms with van der Waals surface area (Å²) in [6.45, 7) is -0.548. The Hall–Kier alpha value is -3.35. The molecule has 164 valence electrons. The Kier molecular flexibility index (Phi) is 7.28. The Bertz CT molecular complexity index is 923. The third-order valence-corrected chi connectivity index (χ3v) is 5.66. The molecule has 0 bridgehead atoms. The van der Waals surface area contributed by atoms with Crippen LogP contribution in [0.15, 0.2) is 54.6 Å². The zero-order valence-corrected chi connectivity index (χ0v) is 17.9. The van der Waals surface area contributed by atoms with Gasteiger partial charge in [-0.25, -0.2) is 0 Å². The van der Waals surface area contributed by atoms with E-state index >= 15 is 0 Å². The van der Waals surface area contributed by atoms with Crippen LogP contribution in [0.3, 0.4) is 0 Å². The van der Waals surface area contributed by atoms with Crippen LogP contribution in [0.1, 0.15) is 31.2 Å². The van der Waals surface area contributed by atoms with E-state index in [2.05, 4.69) is 5.32 Å². The van der Waals surface area contributed by atoms with E-state index in [-0.39, 0.29) is 18.4 Å². The van der Waals surface area contributed by atoms with Crippen molar-refractivity contribution in [3.8, 4) is 5.75 Å². The minimum absolute atomic E-state index is 0.155. The largest absolute Gasteiger partial charge is 0.497 e. The Morgan fingerprint density at radius 2 is 1.74 bits per heavy atom. The van der Waals surface area contributed by atoms with Gasteiger partial charge in [0.1, 0.15) is 5.75 Å². The van der Waals surface area contributed by atoms with Crippen LogP contribution in [0.2, 0.25) is 0 Å². The summed E-state index contributed by atoms with van der Waals surface area (Å²) in [5.74, 6) is -0.547. The van der Waals surface area contributed by atoms with Gasteiger partial charge in [-0.3, -0.25) is 14.4 Å². The molecule has 1 N–H and O–H groups in total. The lowest BCUT2D eigenvalue weighted by molar-refractivity contribution is -0.156. The van der Waals surface area contributed by atoms with E-state index in [0.29, 0.717) is 24.3 Å². The van der Waals surface area contributed by atoms with E-state index in [0.717, 1.165) is 18.4 Å². The third kappa shape index (κ3) is 5.42. The molecule has 0 heterocycles. The van der Waals surface area contributed by atoms with Gasteiger partial charge >= 0.3 is 5.97 Å². The summed E-state index contributed by atoms with van der Waals surface area (Å²) in [6.07, 6.45) is 3.32. The third-order valence-electron chi connectivity index (χ3n) is 5.66. The maximum absolute atomic E-state index is 12.9. The van der Waals surface area contributed by atoms with E-state index in [1.807, 2.05) is 30.3 Å². The van der Waals surface area contributed by atoms with Gasteiger partial charge in [-0.05, 0) is 30.5 Å². The molecule has 7 heteroatoms. The Labute approximate surface area is 182 Å². The van der Waals surface area contributed by atoms with E-state index < -0.39 is 17.9 Å². The van der Waals surface area contributed by atoms with Gasteiger partial charge in [0, 0.05) is 18.8 Å². The summed E-state index contributed by atoms with van der Waals surface area (Å²) in [5.41, 5.74) is 0.808. The normalized spacial score (nSPS) is 14.5. The van der Waals surface area contributed by atoms with Crippen molar-refractivity contribution in [3.05, 3.63) is 60.2 Å². The summed E-state index contributed by atoms with van der Waals surface area (Å²) < 4.78 is 10.5. The minimum Gasteiger partial charge on any atom is -0.497 e. The molecule has 0 aromatic heterocycles. The number of benzene rings is 2. The van der Waals surface area contributed by atoms with Crippen molar-refractivity contribution < 1.29 is 23.9 Å². The highest BCUT2D eigenvalue weighted by atomic mass is 16.5. The van der Waals surface area contributed by atoms with Gasteiger partial charge in [-0.1, -0.05) is 49.2 Å². The van der Waals surface area contributed by atoms with Crippen molar-refractivity contribution >= 4 is 23.5 Å². The van der Waals surface area contributed by atoms with Gasteiger partial charge < -0.3 is 19.7 Å². The number of nitrogens with one attached hydrogen (secondary N) is 1. The van der Waals surface area contributed by atoms with Crippen LogP contribution < -0.4 is 10.1 Å². The molecule has 31 heavy (non-hydrogen) atoms. The van der Waals surface area contributed by atoms with E-state index in [4.69, 9.17) is 9.47 Å². The lowest BCUT2D eigenvalue weighted by Crippen LogP contribution is -2.40. The van der Waals surface area contributed by atoms with Crippen LogP contribution >= 0.6 is 0 Å². The highest BCUT2D eigenvalue weighted by Crippen LogP contribution is 2.42. The number of carbonyl (C=O) groups is 3. The molecule has 1 aliphatic carbocycles. The van der Waals surface area contributed by atoms with Crippen molar-refractivity contribution in [2.75, 3.05) is 32.6 Å². The first-order valence-electron chi connectivity index (χ1n) is 10.4. The number of hydrogen-bond donors (Lipinski definition) is 1. The number of anilines is 1. The maximum atomic E-state index is 12.9. The molecule has 2 aromatic carbocycles. The zero-order chi connectivity index (χ0) is 22.3. The van der Waals surface area contributed by atoms with Gasteiger partial charge in [-0.2, -0.15) is 0 Å². The number of nitrogens with zero attached hydrogens (tertiary/aromatic N) is 1. The molecule has 0 unspecified atom stereocenters. The smallest absolute Gasteiger partial charge is 0.317 e. The summed E-state index contributed by atoms with van der Waals surface area (Å²) in [6, 6.07) is 16.5. The van der Waals surface area contributed by atoms with Crippen molar-refractivity contribution in [3.63, 3.8) is 0 Å². The molecule has 0 radical (unpaired) electrons. The lowest BCUT2D eigenvalue weighted by Gasteiger charge is -2.27. The average molecular weight is 424 g/mol. The van der Waals surface area contributed by atoms with Crippen molar-refractivity contribution in [2.24, 2.45) is 0 Å². The van der Waals surface area contributed by atoms with Crippen LogP contribution in [0.5, 0.6) is 5.75 Å². The maximum Gasteiger partial charge on any atom is 0.317 e. The van der Waals surface area contributed by atoms with Crippen molar-refractivity contribution in [2.45, 2.75) is 31.1 Å². The van der Waals surface area contributed by atoms with Gasteiger partial charge in [0.2, 0.25) is 5.91 Å². The molecule has 0 spiro atoms. The molecular weight excluding hydrogens is 396 g/mol. The van der Waals surface area contributed by atoms with Gasteiger partial charge in [-0.15, -0.1) is 0 Å². The molecule has 1 aliphatic rings. The van der Waals surface area contributed by atoms with Gasteiger partial charge in [0.15, 0.2) is 6.61 Å². The standard InChI is InChI=1S/C24H28N2O5/c1-26(16-21(27)25-19-11-8-12-20(15-19)30-2)22(28)17-31-23(29)24(13-6-7-14-24)18-9-4-3-5-10-18/h3-5,8-12,15H,6-7,13-14,16-17H2,1-2H3,(H,25,27). The topological polar surface area (TPSA) is 84.9 Å². The monoisotopic (exact) mass is 424 g/mol. The Morgan fingerprint density at radius 3 is 2.42 bits per heavy atom. The first-order valence-corrected chi connectivity index (χ1v) is 10.4. The molecule has 0 atom stereocenters. The number of ether oxygens (including phenoxy) is 2. The van der Waals surface area contributed by atoms with Crippen LogP contribution in [0, 0.1) is 0 Å². The fourth-order valence-corrected chi connectivity index (χ4v) is 3.93. The summed E-state index contributed by atoms with van der Waals surface area (Å²) in [4.78, 5) is 38.9. The zero-order valence-electron chi connectivity index (χ0n) is 17.9. The number of likely N-dealkylation sites (N-methyl/N-ethyl adjacent to an activating group) is 1. The van der Waals surface area contributed by atoms with Crippen LogP contribution in [-0.2, 0) is 24.5 Å². The van der Waals surface area contributed by atoms with Crippen molar-refractivity contribution in [1.82, 2.24) is 4.90 Å². The number of carbonyl (C=O) groups excluding carboxylic acids is 3. The van der Waals surface area contributed by atoms with Crippen molar-refractivity contribution in [1.29, 1.82) is 0 Å². The fraction of sp³-hybridized carbons (Fsp3) is 0.375. The first-order chi connectivity index (χ1) is 14.9. The number of methoxy groups -OCH3 is 1. The number of rotatable bonds is 8. The lowest BCUT2D eigenvalue weighted by atomic mass is 9.79. The summed E-state index contributed by atoms with van der Waals surface area (Å²) in [7, 11) is 3.05. The quantitative estimate of drug-likeness (QED) is 0.658. The van der Waals surface area contributed by atoms with Crippen LogP contribution in [0.4, 0.5) is 5.69 Å². The second kappa shape index (κ2) is 10.1.